The predicted octanol–water partition coefficient (Wildman–Crippen LogP) is 2.38. The van der Waals surface area contributed by atoms with Crippen LogP contribution in [0, 0.1) is 0 Å². The first-order valence-corrected chi connectivity index (χ1v) is 6.53. The number of carbonyl (C=O) groups is 1. The SMILES string of the molecule is Cl.Nc1c(O)cccc1O.O=C(CCl)Nc1c(O)cccc1O. The molecule has 7 N–H and O–H groups in total. The number of carbonyl (C=O) groups excluding carboxylic acids is 1. The number of phenolic OH excluding ortho intramolecular Hbond substituents is 4. The summed E-state index contributed by atoms with van der Waals surface area (Å²) >= 11 is 5.23. The molecule has 126 valence electrons. The summed E-state index contributed by atoms with van der Waals surface area (Å²) in [5.74, 6) is -1.28. The molecule has 0 heterocycles. The Morgan fingerprint density at radius 2 is 1.35 bits per heavy atom. The lowest BCUT2D eigenvalue weighted by Gasteiger charge is -2.06. The van der Waals surface area contributed by atoms with Crippen molar-refractivity contribution < 1.29 is 25.2 Å². The summed E-state index contributed by atoms with van der Waals surface area (Å²) in [5.41, 5.74) is 5.19. The number of nitrogens with two attached hydrogens (primary N) is 1. The molecule has 0 radical (unpaired) electrons. The number of benzene rings is 2. The molecular weight excluding hydrogens is 347 g/mol. The minimum absolute atomic E-state index is 0. The normalized spacial score (nSPS) is 9.09. The number of aromatic hydroxyl groups is 4. The zero-order chi connectivity index (χ0) is 16.7. The maximum atomic E-state index is 10.8. The zero-order valence-corrected chi connectivity index (χ0v) is 13.3. The maximum Gasteiger partial charge on any atom is 0.239 e. The van der Waals surface area contributed by atoms with Gasteiger partial charge in [-0.3, -0.25) is 4.79 Å². The van der Waals surface area contributed by atoms with E-state index in [1.807, 2.05) is 0 Å². The standard InChI is InChI=1S/C8H8ClNO3.C6H7NO2.ClH/c9-4-7(13)10-8-5(11)2-1-3-6(8)12;7-6-4(8)2-1-3-5(6)9;/h1-3,11-12H,4H2,(H,10,13);1-3,8-9H,7H2;1H. The van der Waals surface area contributed by atoms with Crippen LogP contribution in [0.2, 0.25) is 0 Å². The second kappa shape index (κ2) is 9.50. The van der Waals surface area contributed by atoms with Crippen molar-refractivity contribution in [3.05, 3.63) is 36.4 Å². The van der Waals surface area contributed by atoms with Crippen LogP contribution in [0.15, 0.2) is 36.4 Å². The van der Waals surface area contributed by atoms with E-state index >= 15 is 0 Å². The predicted molar refractivity (Wildman–Crippen MR) is 90.6 cm³/mol. The fraction of sp³-hybridized carbons (Fsp3) is 0.0714. The molecule has 0 saturated heterocycles. The highest BCUT2D eigenvalue weighted by molar-refractivity contribution is 6.29. The molecule has 0 aliphatic heterocycles. The van der Waals surface area contributed by atoms with Crippen LogP contribution in [0.25, 0.3) is 0 Å². The van der Waals surface area contributed by atoms with Gasteiger partial charge in [0.2, 0.25) is 5.91 Å². The summed E-state index contributed by atoms with van der Waals surface area (Å²) in [7, 11) is 0. The first-order valence-electron chi connectivity index (χ1n) is 6.00. The van der Waals surface area contributed by atoms with Crippen LogP contribution < -0.4 is 11.1 Å². The van der Waals surface area contributed by atoms with Gasteiger partial charge in [-0.05, 0) is 24.3 Å². The smallest absolute Gasteiger partial charge is 0.239 e. The fourth-order valence-electron chi connectivity index (χ4n) is 1.37. The van der Waals surface area contributed by atoms with Crippen molar-refractivity contribution in [1.29, 1.82) is 0 Å². The molecule has 0 bridgehead atoms. The monoisotopic (exact) mass is 362 g/mol. The maximum absolute atomic E-state index is 10.8. The number of anilines is 2. The molecular formula is C14H16Cl2N2O5. The molecule has 1 amide bonds. The van der Waals surface area contributed by atoms with Gasteiger partial charge in [0.25, 0.3) is 0 Å². The molecule has 0 aromatic heterocycles. The molecule has 2 aromatic rings. The Bertz CT molecular complexity index is 627. The lowest BCUT2D eigenvalue weighted by atomic mass is 10.2. The Kier molecular flexibility index (Phi) is 8.46. The van der Waals surface area contributed by atoms with Gasteiger partial charge in [0.15, 0.2) is 0 Å². The van der Waals surface area contributed by atoms with E-state index < -0.39 is 5.91 Å². The average Bonchev–Trinajstić information content (AvgIpc) is 2.49. The first kappa shape index (κ1) is 20.5. The van der Waals surface area contributed by atoms with Crippen molar-refractivity contribution in [1.82, 2.24) is 0 Å². The van der Waals surface area contributed by atoms with Crippen molar-refractivity contribution in [2.24, 2.45) is 0 Å². The van der Waals surface area contributed by atoms with E-state index in [0.29, 0.717) is 0 Å². The summed E-state index contributed by atoms with van der Waals surface area (Å²) in [6.45, 7) is 0. The van der Waals surface area contributed by atoms with Crippen molar-refractivity contribution in [2.75, 3.05) is 16.9 Å². The molecule has 2 rings (SSSR count). The van der Waals surface area contributed by atoms with Crippen LogP contribution in [-0.4, -0.2) is 32.2 Å². The van der Waals surface area contributed by atoms with Crippen LogP contribution in [0.5, 0.6) is 23.0 Å². The number of amides is 1. The highest BCUT2D eigenvalue weighted by atomic mass is 35.5. The quantitative estimate of drug-likeness (QED) is 0.275. The third kappa shape index (κ3) is 6.01. The van der Waals surface area contributed by atoms with Crippen LogP contribution in [0.1, 0.15) is 0 Å². The number of hydrogen-bond acceptors (Lipinski definition) is 6. The lowest BCUT2D eigenvalue weighted by molar-refractivity contribution is -0.114. The van der Waals surface area contributed by atoms with E-state index in [1.165, 1.54) is 36.4 Å². The first-order chi connectivity index (χ1) is 10.4. The van der Waals surface area contributed by atoms with Crippen LogP contribution in [0.3, 0.4) is 0 Å². The molecule has 7 nitrogen and oxygen atoms in total. The zero-order valence-electron chi connectivity index (χ0n) is 11.7. The Morgan fingerprint density at radius 1 is 0.957 bits per heavy atom. The summed E-state index contributed by atoms with van der Waals surface area (Å²) in [6.07, 6.45) is 0. The Labute approximate surface area is 143 Å². The van der Waals surface area contributed by atoms with Gasteiger partial charge in [-0.2, -0.15) is 0 Å². The van der Waals surface area contributed by atoms with Crippen molar-refractivity contribution in [3.8, 4) is 23.0 Å². The second-order valence-electron chi connectivity index (χ2n) is 4.06. The van der Waals surface area contributed by atoms with E-state index in [9.17, 15) is 15.0 Å². The largest absolute Gasteiger partial charge is 0.506 e. The van der Waals surface area contributed by atoms with Gasteiger partial charge >= 0.3 is 0 Å². The van der Waals surface area contributed by atoms with Crippen molar-refractivity contribution in [2.45, 2.75) is 0 Å². The van der Waals surface area contributed by atoms with Gasteiger partial charge in [0.1, 0.15) is 40.3 Å². The van der Waals surface area contributed by atoms with E-state index in [-0.39, 0.29) is 52.7 Å². The highest BCUT2D eigenvalue weighted by Gasteiger charge is 2.09. The number of nitrogens with one attached hydrogen (secondary N) is 1. The fourth-order valence-corrected chi connectivity index (χ4v) is 1.44. The minimum atomic E-state index is -0.488. The lowest BCUT2D eigenvalue weighted by Crippen LogP contribution is -2.12. The van der Waals surface area contributed by atoms with Gasteiger partial charge in [-0.15, -0.1) is 24.0 Å². The Morgan fingerprint density at radius 3 is 1.70 bits per heavy atom. The van der Waals surface area contributed by atoms with Crippen LogP contribution in [0.4, 0.5) is 11.4 Å². The number of halogens is 2. The molecule has 23 heavy (non-hydrogen) atoms. The molecule has 2 aromatic carbocycles. The minimum Gasteiger partial charge on any atom is -0.506 e. The molecule has 0 aliphatic rings. The number of rotatable bonds is 2. The molecule has 0 saturated carbocycles. The van der Waals surface area contributed by atoms with E-state index in [0.717, 1.165) is 0 Å². The van der Waals surface area contributed by atoms with Crippen LogP contribution in [-0.2, 0) is 4.79 Å². The molecule has 0 atom stereocenters. The number of alkyl halides is 1. The van der Waals surface area contributed by atoms with E-state index in [2.05, 4.69) is 5.32 Å². The van der Waals surface area contributed by atoms with Gasteiger partial charge < -0.3 is 31.5 Å². The highest BCUT2D eigenvalue weighted by Crippen LogP contribution is 2.32. The molecule has 0 aliphatic carbocycles. The average molecular weight is 363 g/mol. The van der Waals surface area contributed by atoms with Crippen molar-refractivity contribution in [3.63, 3.8) is 0 Å². The Balaban J connectivity index is 0.000000427. The molecule has 9 heteroatoms. The number of hydrogen-bond donors (Lipinski definition) is 6. The number of para-hydroxylation sites is 2. The molecule has 0 spiro atoms. The van der Waals surface area contributed by atoms with Crippen molar-refractivity contribution >= 4 is 41.3 Å². The third-order valence-electron chi connectivity index (χ3n) is 2.47. The molecule has 0 fully saturated rings. The topological polar surface area (TPSA) is 136 Å². The van der Waals surface area contributed by atoms with Gasteiger partial charge in [0, 0.05) is 0 Å². The van der Waals surface area contributed by atoms with Crippen LogP contribution >= 0.6 is 24.0 Å². The summed E-state index contributed by atoms with van der Waals surface area (Å²) in [6, 6.07) is 8.50. The molecule has 0 unspecified atom stereocenters. The summed E-state index contributed by atoms with van der Waals surface area (Å²) in [4.78, 5) is 10.8. The van der Waals surface area contributed by atoms with Gasteiger partial charge in [-0.25, -0.2) is 0 Å². The van der Waals surface area contributed by atoms with E-state index in [1.54, 1.807) is 0 Å². The summed E-state index contributed by atoms with van der Waals surface area (Å²) < 4.78 is 0. The van der Waals surface area contributed by atoms with Gasteiger partial charge in [0.05, 0.1) is 0 Å². The van der Waals surface area contributed by atoms with E-state index in [4.69, 9.17) is 27.5 Å². The number of nitrogen functional groups attached to an aromatic ring is 1. The number of phenols is 4. The van der Waals surface area contributed by atoms with Gasteiger partial charge in [-0.1, -0.05) is 12.1 Å². The third-order valence-corrected chi connectivity index (χ3v) is 2.71. The summed E-state index contributed by atoms with van der Waals surface area (Å²) in [5, 5.41) is 38.3. The Hall–Kier alpha value is -2.51. The second-order valence-corrected chi connectivity index (χ2v) is 4.33.